The summed E-state index contributed by atoms with van der Waals surface area (Å²) in [6, 6.07) is 6.98. The van der Waals surface area contributed by atoms with Gasteiger partial charge in [0.1, 0.15) is 18.0 Å². The first-order valence-corrected chi connectivity index (χ1v) is 9.93. The molecule has 0 unspecified atom stereocenters. The molecule has 1 aromatic heterocycles. The Morgan fingerprint density at radius 1 is 1.23 bits per heavy atom. The first kappa shape index (κ1) is 21.9. The van der Waals surface area contributed by atoms with Gasteiger partial charge in [0.15, 0.2) is 17.3 Å². The fourth-order valence-corrected chi connectivity index (χ4v) is 2.92. The molecule has 0 aliphatic heterocycles. The number of carbonyl (C=O) groups excluding carboxylic acids is 1. The van der Waals surface area contributed by atoms with Gasteiger partial charge in [-0.1, -0.05) is 0 Å². The van der Waals surface area contributed by atoms with Crippen molar-refractivity contribution in [3.63, 3.8) is 0 Å². The van der Waals surface area contributed by atoms with Gasteiger partial charge in [-0.05, 0) is 69.9 Å². The number of aromatic nitrogens is 3. The topological polar surface area (TPSA) is 66.2 Å². The van der Waals surface area contributed by atoms with Gasteiger partial charge in [-0.3, -0.25) is 4.79 Å². The molecule has 0 bridgehead atoms. The molecule has 0 N–H and O–H groups in total. The third kappa shape index (κ3) is 5.64. The Hall–Kier alpha value is -2.77. The van der Waals surface area contributed by atoms with Crippen molar-refractivity contribution >= 4 is 5.97 Å². The summed E-state index contributed by atoms with van der Waals surface area (Å²) in [7, 11) is 1.69. The summed E-state index contributed by atoms with van der Waals surface area (Å²) in [6.07, 6.45) is 1.71. The predicted molar refractivity (Wildman–Crippen MR) is 108 cm³/mol. The SMILES string of the molecule is Cn1nc(-c2ccc(OC/C(=C/F)CCC(=O)OC(C)(C)C)cc2)nc1C1(F)CC1. The smallest absolute Gasteiger partial charge is 0.306 e. The molecule has 30 heavy (non-hydrogen) atoms. The molecular formula is C22H27F2N3O3. The standard InChI is InChI=1S/C22H27F2N3O3/c1-21(2,3)30-18(28)10-5-15(13-23)14-29-17-8-6-16(7-9-17)19-25-20(27(4)26-19)22(24)11-12-22/h6-9,13H,5,10-12,14H2,1-4H3/b15-13+. The van der Waals surface area contributed by atoms with Crippen LogP contribution in [-0.4, -0.2) is 32.9 Å². The molecule has 1 aromatic carbocycles. The largest absolute Gasteiger partial charge is 0.489 e. The molecule has 1 heterocycles. The van der Waals surface area contributed by atoms with Crippen LogP contribution in [0.2, 0.25) is 0 Å². The number of rotatable bonds is 8. The summed E-state index contributed by atoms with van der Waals surface area (Å²) in [5.74, 6) is 0.954. The average Bonchev–Trinajstić information content (AvgIpc) is 3.29. The lowest BCUT2D eigenvalue weighted by molar-refractivity contribution is -0.154. The summed E-state index contributed by atoms with van der Waals surface area (Å²) in [4.78, 5) is 16.1. The first-order valence-electron chi connectivity index (χ1n) is 9.93. The molecule has 162 valence electrons. The van der Waals surface area contributed by atoms with E-state index in [1.807, 2.05) is 0 Å². The Morgan fingerprint density at radius 2 is 1.90 bits per heavy atom. The zero-order chi connectivity index (χ0) is 21.9. The summed E-state index contributed by atoms with van der Waals surface area (Å²) in [5, 5.41) is 4.29. The van der Waals surface area contributed by atoms with Crippen LogP contribution in [0.1, 0.15) is 52.3 Å². The van der Waals surface area contributed by atoms with E-state index in [2.05, 4.69) is 10.1 Å². The molecular weight excluding hydrogens is 392 g/mol. The third-order valence-electron chi connectivity index (χ3n) is 4.61. The number of hydrogen-bond acceptors (Lipinski definition) is 5. The zero-order valence-electron chi connectivity index (χ0n) is 17.7. The van der Waals surface area contributed by atoms with Gasteiger partial charge >= 0.3 is 5.97 Å². The minimum absolute atomic E-state index is 0.0228. The molecule has 6 nitrogen and oxygen atoms in total. The highest BCUT2D eigenvalue weighted by atomic mass is 19.1. The van der Waals surface area contributed by atoms with Gasteiger partial charge in [0, 0.05) is 19.0 Å². The molecule has 1 aliphatic carbocycles. The van der Waals surface area contributed by atoms with E-state index in [9.17, 15) is 13.6 Å². The van der Waals surface area contributed by atoms with Crippen LogP contribution in [0.3, 0.4) is 0 Å². The van der Waals surface area contributed by atoms with Crippen LogP contribution in [0.4, 0.5) is 8.78 Å². The van der Waals surface area contributed by atoms with Crippen LogP contribution in [0, 0.1) is 0 Å². The van der Waals surface area contributed by atoms with Gasteiger partial charge < -0.3 is 9.47 Å². The van der Waals surface area contributed by atoms with Crippen molar-refractivity contribution < 1.29 is 23.0 Å². The Morgan fingerprint density at radius 3 is 2.47 bits per heavy atom. The second-order valence-corrected chi connectivity index (χ2v) is 8.51. The van der Waals surface area contributed by atoms with E-state index in [0.717, 1.165) is 5.56 Å². The minimum Gasteiger partial charge on any atom is -0.489 e. The van der Waals surface area contributed by atoms with Gasteiger partial charge in [0.2, 0.25) is 0 Å². The molecule has 0 saturated heterocycles. The van der Waals surface area contributed by atoms with E-state index in [-0.39, 0.29) is 25.4 Å². The maximum absolute atomic E-state index is 14.3. The fourth-order valence-electron chi connectivity index (χ4n) is 2.92. The van der Waals surface area contributed by atoms with E-state index in [0.29, 0.717) is 42.1 Å². The van der Waals surface area contributed by atoms with E-state index < -0.39 is 11.3 Å². The molecule has 1 aliphatic rings. The molecule has 0 amide bonds. The third-order valence-corrected chi connectivity index (χ3v) is 4.61. The number of ether oxygens (including phenoxy) is 2. The monoisotopic (exact) mass is 419 g/mol. The van der Waals surface area contributed by atoms with Gasteiger partial charge in [0.25, 0.3) is 0 Å². The van der Waals surface area contributed by atoms with E-state index in [4.69, 9.17) is 9.47 Å². The summed E-state index contributed by atoms with van der Waals surface area (Å²) >= 11 is 0. The quantitative estimate of drug-likeness (QED) is 0.576. The lowest BCUT2D eigenvalue weighted by Crippen LogP contribution is -2.23. The summed E-state index contributed by atoms with van der Waals surface area (Å²) in [5.41, 5.74) is -0.822. The number of halogens is 2. The van der Waals surface area contributed by atoms with Crippen molar-refractivity contribution in [3.8, 4) is 17.1 Å². The highest BCUT2D eigenvalue weighted by Crippen LogP contribution is 2.48. The number of hydrogen-bond donors (Lipinski definition) is 0. The fraction of sp³-hybridized carbons (Fsp3) is 0.500. The van der Waals surface area contributed by atoms with Crippen molar-refractivity contribution in [2.24, 2.45) is 7.05 Å². The van der Waals surface area contributed by atoms with Crippen molar-refractivity contribution in [2.75, 3.05) is 6.61 Å². The maximum Gasteiger partial charge on any atom is 0.306 e. The molecule has 1 fully saturated rings. The number of benzene rings is 1. The molecule has 8 heteroatoms. The normalized spacial score (nSPS) is 15.7. The number of carbonyl (C=O) groups is 1. The van der Waals surface area contributed by atoms with E-state index in [1.54, 1.807) is 52.1 Å². The lowest BCUT2D eigenvalue weighted by atomic mass is 10.1. The highest BCUT2D eigenvalue weighted by molar-refractivity contribution is 5.70. The van der Waals surface area contributed by atoms with Gasteiger partial charge in [-0.2, -0.15) is 5.10 Å². The van der Waals surface area contributed by atoms with E-state index >= 15 is 0 Å². The van der Waals surface area contributed by atoms with Crippen LogP contribution in [-0.2, 0) is 22.2 Å². The second-order valence-electron chi connectivity index (χ2n) is 8.51. The van der Waals surface area contributed by atoms with Gasteiger partial charge in [0.05, 0.1) is 6.33 Å². The molecule has 0 radical (unpaired) electrons. The summed E-state index contributed by atoms with van der Waals surface area (Å²) in [6.45, 7) is 5.38. The van der Waals surface area contributed by atoms with Crippen molar-refractivity contribution in [2.45, 2.75) is 57.7 Å². The average molecular weight is 419 g/mol. The maximum atomic E-state index is 14.3. The van der Waals surface area contributed by atoms with Crippen molar-refractivity contribution in [1.29, 1.82) is 0 Å². The Bertz CT molecular complexity index is 926. The Balaban J connectivity index is 1.53. The highest BCUT2D eigenvalue weighted by Gasteiger charge is 2.49. The zero-order valence-corrected chi connectivity index (χ0v) is 17.7. The predicted octanol–water partition coefficient (Wildman–Crippen LogP) is 4.79. The van der Waals surface area contributed by atoms with Gasteiger partial charge in [-0.15, -0.1) is 0 Å². The van der Waals surface area contributed by atoms with Crippen LogP contribution < -0.4 is 4.74 Å². The lowest BCUT2D eigenvalue weighted by Gasteiger charge is -2.19. The van der Waals surface area contributed by atoms with Crippen LogP contribution in [0.25, 0.3) is 11.4 Å². The molecule has 0 atom stereocenters. The number of aryl methyl sites for hydroxylation is 1. The molecule has 2 aromatic rings. The van der Waals surface area contributed by atoms with Crippen LogP contribution in [0.15, 0.2) is 36.2 Å². The molecule has 3 rings (SSSR count). The van der Waals surface area contributed by atoms with Crippen molar-refractivity contribution in [3.05, 3.63) is 42.0 Å². The van der Waals surface area contributed by atoms with E-state index in [1.165, 1.54) is 4.68 Å². The minimum atomic E-state index is -1.35. The van der Waals surface area contributed by atoms with Crippen LogP contribution in [0.5, 0.6) is 5.75 Å². The number of nitrogens with zero attached hydrogens (tertiary/aromatic N) is 3. The molecule has 0 spiro atoms. The second kappa shape index (κ2) is 8.53. The van der Waals surface area contributed by atoms with Gasteiger partial charge in [-0.25, -0.2) is 18.4 Å². The Kier molecular flexibility index (Phi) is 6.24. The number of alkyl halides is 1. The number of esters is 1. The molecule has 1 saturated carbocycles. The first-order chi connectivity index (χ1) is 14.1. The summed E-state index contributed by atoms with van der Waals surface area (Å²) < 4.78 is 39.7. The van der Waals surface area contributed by atoms with Crippen molar-refractivity contribution in [1.82, 2.24) is 14.8 Å². The van der Waals surface area contributed by atoms with Crippen LogP contribution >= 0.6 is 0 Å². The Labute approximate surface area is 174 Å².